The number of H-pyrrole nitrogens is 1. The molecule has 3 unspecified atom stereocenters. The summed E-state index contributed by atoms with van der Waals surface area (Å²) in [7, 11) is 0. The molecule has 68 heavy (non-hydrogen) atoms. The number of guanidine groups is 1. The summed E-state index contributed by atoms with van der Waals surface area (Å²) < 4.78 is 11.5. The molecule has 0 spiro atoms. The third-order valence-corrected chi connectivity index (χ3v) is 12.0. The van der Waals surface area contributed by atoms with Gasteiger partial charge in [0.15, 0.2) is 6.29 Å². The minimum Gasteiger partial charge on any atom is -0.457 e. The number of nitrogens with zero attached hydrogens (tertiary/aromatic N) is 5. The molecule has 1 aromatic heterocycles. The fourth-order valence-corrected chi connectivity index (χ4v) is 8.90. The van der Waals surface area contributed by atoms with Crippen LogP contribution in [0, 0.1) is 0 Å². The number of hydrogen-bond acceptors (Lipinski definition) is 15. The Hall–Kier alpha value is -8.08. The molecule has 6 N–H and O–H groups in total. The van der Waals surface area contributed by atoms with Crippen molar-refractivity contribution in [1.82, 2.24) is 42.1 Å². The maximum absolute atomic E-state index is 13.8. The summed E-state index contributed by atoms with van der Waals surface area (Å²) in [5.41, 5.74) is 21.6. The van der Waals surface area contributed by atoms with Crippen molar-refractivity contribution in [1.29, 1.82) is 0 Å². The number of aryl methyl sites for hydroxylation is 2. The van der Waals surface area contributed by atoms with Crippen LogP contribution in [0.5, 0.6) is 0 Å². The quantitative estimate of drug-likeness (QED) is 0.0582. The first-order valence-electron chi connectivity index (χ1n) is 22.5. The maximum atomic E-state index is 13.8. The number of ketones is 1. The topological polar surface area (TPSA) is 219 Å². The molecular weight excluding hydrogens is 861 g/mol. The fourth-order valence-electron chi connectivity index (χ4n) is 8.90. The van der Waals surface area contributed by atoms with Gasteiger partial charge in [-0.3, -0.25) is 19.8 Å². The van der Waals surface area contributed by atoms with Crippen molar-refractivity contribution in [3.8, 4) is 0 Å². The molecule has 7 aromatic rings. The highest BCUT2D eigenvalue weighted by Gasteiger charge is 2.41. The summed E-state index contributed by atoms with van der Waals surface area (Å²) in [6, 6.07) is 43.8. The lowest BCUT2D eigenvalue weighted by Crippen LogP contribution is -2.45. The number of hydrogen-bond donors (Lipinski definition) is 5. The number of aliphatic imine (C=N–C) groups is 1. The first-order chi connectivity index (χ1) is 33.2. The van der Waals surface area contributed by atoms with Crippen molar-refractivity contribution in [3.05, 3.63) is 178 Å². The van der Waals surface area contributed by atoms with Gasteiger partial charge in [0.25, 0.3) is 5.95 Å². The number of ether oxygens (including phenoxy) is 2. The summed E-state index contributed by atoms with van der Waals surface area (Å²) in [5, 5.41) is 18.2. The van der Waals surface area contributed by atoms with E-state index in [-0.39, 0.29) is 36.3 Å². The summed E-state index contributed by atoms with van der Waals surface area (Å²) >= 11 is 0. The van der Waals surface area contributed by atoms with Crippen LogP contribution in [0.2, 0.25) is 0 Å². The Kier molecular flexibility index (Phi) is 15.0. The van der Waals surface area contributed by atoms with Crippen LogP contribution in [0.25, 0.3) is 21.5 Å². The van der Waals surface area contributed by atoms with Crippen LogP contribution in [0.3, 0.4) is 0 Å². The second-order valence-corrected chi connectivity index (χ2v) is 16.5. The van der Waals surface area contributed by atoms with Gasteiger partial charge in [-0.15, -0.1) is 10.6 Å². The van der Waals surface area contributed by atoms with Crippen molar-refractivity contribution in [3.63, 3.8) is 0 Å². The van der Waals surface area contributed by atoms with Gasteiger partial charge in [-0.2, -0.15) is 10.7 Å². The van der Waals surface area contributed by atoms with Gasteiger partial charge in [0.05, 0.1) is 11.3 Å². The van der Waals surface area contributed by atoms with Crippen LogP contribution < -0.4 is 22.2 Å². The van der Waals surface area contributed by atoms with E-state index in [4.69, 9.17) is 15.2 Å². The highest BCUT2D eigenvalue weighted by molar-refractivity contribution is 5.99. The number of Topliss-reactive ketones (excluding diaryl/α,β-unsaturated/α-hetero) is 1. The molecule has 0 saturated carbocycles. The Bertz CT molecular complexity index is 2980. The molecule has 16 heteroatoms. The molecule has 1 fully saturated rings. The zero-order valence-corrected chi connectivity index (χ0v) is 37.7. The van der Waals surface area contributed by atoms with Gasteiger partial charge in [-0.25, -0.2) is 14.8 Å². The molecule has 4 aliphatic rings. The number of esters is 2. The van der Waals surface area contributed by atoms with Crippen molar-refractivity contribution in [2.24, 2.45) is 4.99 Å². The van der Waals surface area contributed by atoms with E-state index < -0.39 is 12.0 Å². The van der Waals surface area contributed by atoms with Gasteiger partial charge in [0.2, 0.25) is 5.96 Å². The Morgan fingerprint density at radius 3 is 1.93 bits per heavy atom. The minimum atomic E-state index is -0.417. The number of nitrogens with one attached hydrogen (secondary N) is 4. The molecule has 0 bridgehead atoms. The van der Waals surface area contributed by atoms with Crippen molar-refractivity contribution in [2.75, 3.05) is 5.73 Å². The van der Waals surface area contributed by atoms with Crippen LogP contribution in [0.4, 0.5) is 5.95 Å². The Morgan fingerprint density at radius 1 is 0.735 bits per heavy atom. The largest absolute Gasteiger partial charge is 0.457 e. The number of aromatic amines is 1. The number of tetrazole rings is 1. The van der Waals surface area contributed by atoms with E-state index in [0.29, 0.717) is 17.2 Å². The molecule has 0 radical (unpaired) electrons. The summed E-state index contributed by atoms with van der Waals surface area (Å²) in [5.74, 6) is -0.109. The average Bonchev–Trinajstić information content (AvgIpc) is 4.05. The van der Waals surface area contributed by atoms with E-state index >= 15 is 0 Å². The number of nitrogens with two attached hydrogens (primary N) is 1. The molecule has 2 aliphatic heterocycles. The SMILES string of the molecule is CC(=O)CC(=O)OC1CCCc2ccccc21.CC1=C(C(=O)OC2CCCc3ccccc32)C(c2cccc3ccccc23)N2NNNC2=N1.Nc1nn[nH]n1.O=Cc1cccc2ccccc12. The number of allylic oxidation sites excluding steroid dienone is 1. The van der Waals surface area contributed by atoms with Crippen molar-refractivity contribution >= 4 is 57.5 Å². The molecule has 0 amide bonds. The number of carbonyl (C=O) groups is 4. The van der Waals surface area contributed by atoms with Gasteiger partial charge < -0.3 is 15.2 Å². The third-order valence-electron chi connectivity index (χ3n) is 12.0. The monoisotopic (exact) mass is 912 g/mol. The maximum Gasteiger partial charge on any atom is 0.339 e. The van der Waals surface area contributed by atoms with Gasteiger partial charge >= 0.3 is 11.9 Å². The van der Waals surface area contributed by atoms with Gasteiger partial charge in [-0.05, 0) is 107 Å². The molecule has 1 saturated heterocycles. The molecule has 2 aliphatic carbocycles. The lowest BCUT2D eigenvalue weighted by molar-refractivity contribution is -0.152. The molecule has 3 heterocycles. The summed E-state index contributed by atoms with van der Waals surface area (Å²) in [6.07, 6.45) is 6.11. The molecule has 11 rings (SSSR count). The number of aldehydes is 1. The molecule has 6 aromatic carbocycles. The number of benzene rings is 6. The van der Waals surface area contributed by atoms with Gasteiger partial charge in [0.1, 0.15) is 30.5 Å². The predicted molar refractivity (Wildman–Crippen MR) is 258 cm³/mol. The van der Waals surface area contributed by atoms with Crippen LogP contribution in [0.15, 0.2) is 150 Å². The van der Waals surface area contributed by atoms with E-state index in [2.05, 4.69) is 84.6 Å². The minimum absolute atomic E-state index is 0.126. The Morgan fingerprint density at radius 2 is 1.31 bits per heavy atom. The zero-order valence-electron chi connectivity index (χ0n) is 37.7. The predicted octanol–water partition coefficient (Wildman–Crippen LogP) is 8.00. The highest BCUT2D eigenvalue weighted by Crippen LogP contribution is 2.40. The normalized spacial score (nSPS) is 17.7. The van der Waals surface area contributed by atoms with E-state index in [0.717, 1.165) is 88.6 Å². The summed E-state index contributed by atoms with van der Waals surface area (Å²) in [6.45, 7) is 3.27. The number of fused-ring (bicyclic) bond motifs is 5. The average molecular weight is 913 g/mol. The Labute approximate surface area is 392 Å². The molecule has 346 valence electrons. The summed E-state index contributed by atoms with van der Waals surface area (Å²) in [4.78, 5) is 51.3. The number of hydrazine groups is 3. The van der Waals surface area contributed by atoms with E-state index in [1.807, 2.05) is 103 Å². The zero-order chi connectivity index (χ0) is 47.4. The molecular formula is C52H52N10O6. The van der Waals surface area contributed by atoms with Crippen LogP contribution in [-0.2, 0) is 36.7 Å². The lowest BCUT2D eigenvalue weighted by atomic mass is 9.89. The lowest BCUT2D eigenvalue weighted by Gasteiger charge is -2.34. The third kappa shape index (κ3) is 10.9. The smallest absolute Gasteiger partial charge is 0.339 e. The van der Waals surface area contributed by atoms with E-state index in [1.54, 1.807) is 0 Å². The number of rotatable bonds is 7. The van der Waals surface area contributed by atoms with E-state index in [1.165, 1.54) is 18.1 Å². The number of anilines is 1. The van der Waals surface area contributed by atoms with Crippen molar-refractivity contribution in [2.45, 2.75) is 77.0 Å². The van der Waals surface area contributed by atoms with Gasteiger partial charge in [-0.1, -0.05) is 139 Å². The first-order valence-corrected chi connectivity index (χ1v) is 22.5. The second kappa shape index (κ2) is 21.9. The fraction of sp³-hybridized carbons (Fsp3) is 0.231. The van der Waals surface area contributed by atoms with Crippen LogP contribution in [-0.4, -0.2) is 55.6 Å². The van der Waals surface area contributed by atoms with Gasteiger partial charge in [0, 0.05) is 5.56 Å². The first kappa shape index (κ1) is 46.4. The van der Waals surface area contributed by atoms with Crippen molar-refractivity contribution < 1.29 is 28.7 Å². The van der Waals surface area contributed by atoms with E-state index in [9.17, 15) is 19.2 Å². The Balaban J connectivity index is 0.000000147. The van der Waals surface area contributed by atoms with Crippen LogP contribution >= 0.6 is 0 Å². The molecule has 16 nitrogen and oxygen atoms in total. The number of nitrogen functional groups attached to an aromatic ring is 1. The van der Waals surface area contributed by atoms with Crippen LogP contribution in [0.1, 0.15) is 102 Å². The standard InChI is InChI=1S/C26H25N5O2.C14H16O3.C11H8O.CH3N5/c1-16-23(25(32)33-22-15-7-11-18-9-3-5-13-20(18)22)24(31-26(27-16)28-29-30-31)21-14-6-10-17-8-2-4-12-19(17)21;1-10(15)9-14(16)17-13-8-4-6-11-5-2-3-7-12(11)13;12-8-10-6-3-5-9-4-1-2-7-11(9)10;2-1-3-5-6-4-1/h2-6,8-10,12-14,22,24,29-30H,7,11,15H2,1H3,(H,27,28);2-3,5,7,13H,4,6,8-9H2,1H3;1-8H;(H3,2,3,4,5,6). The second-order valence-electron chi connectivity index (χ2n) is 16.5. The number of carbonyl (C=O) groups excluding carboxylic acids is 4. The molecule has 3 atom stereocenters. The highest BCUT2D eigenvalue weighted by atomic mass is 16.5. The number of aromatic nitrogens is 4.